The molecule has 1 heterocycles. The normalized spacial score (nSPS) is 18.4. The molecule has 1 fully saturated rings. The number of nitrogens with zero attached hydrogens (tertiary/aromatic N) is 1. The number of benzene rings is 1. The van der Waals surface area contributed by atoms with Crippen LogP contribution in [0.4, 0.5) is 4.39 Å². The zero-order valence-electron chi connectivity index (χ0n) is 8.08. The van der Waals surface area contributed by atoms with Crippen molar-refractivity contribution < 1.29 is 9.13 Å². The largest absolute Gasteiger partial charge is 0.379 e. The van der Waals surface area contributed by atoms with Crippen LogP contribution in [-0.2, 0) is 11.3 Å². The summed E-state index contributed by atoms with van der Waals surface area (Å²) in [4.78, 5) is 2.21. The second-order valence-electron chi connectivity index (χ2n) is 3.48. The predicted octanol–water partition coefficient (Wildman–Crippen LogP) is 1.66. The van der Waals surface area contributed by atoms with Gasteiger partial charge in [0.25, 0.3) is 0 Å². The lowest BCUT2D eigenvalue weighted by Gasteiger charge is -2.26. The van der Waals surface area contributed by atoms with Gasteiger partial charge in [0, 0.05) is 25.2 Å². The standard InChI is InChI=1S/C11H14FNO/c12-11-4-2-1-3-10(11)9-13-5-7-14-8-6-13/h1-4H,5-9H2. The Bertz CT molecular complexity index is 297. The average Bonchev–Trinajstić information content (AvgIpc) is 2.23. The third-order valence-corrected chi connectivity index (χ3v) is 2.46. The van der Waals surface area contributed by atoms with Crippen LogP contribution in [0, 0.1) is 5.82 Å². The molecule has 14 heavy (non-hydrogen) atoms. The Balaban J connectivity index is 1.99. The van der Waals surface area contributed by atoms with Gasteiger partial charge in [0.05, 0.1) is 13.2 Å². The molecule has 0 radical (unpaired) electrons. The lowest BCUT2D eigenvalue weighted by Crippen LogP contribution is -2.35. The Hall–Kier alpha value is -0.930. The Morgan fingerprint density at radius 1 is 1.21 bits per heavy atom. The van der Waals surface area contributed by atoms with Crippen LogP contribution in [0.1, 0.15) is 5.56 Å². The fourth-order valence-corrected chi connectivity index (χ4v) is 1.63. The minimum absolute atomic E-state index is 0.112. The van der Waals surface area contributed by atoms with E-state index in [2.05, 4.69) is 4.90 Å². The van der Waals surface area contributed by atoms with Crippen LogP contribution in [0.3, 0.4) is 0 Å². The van der Waals surface area contributed by atoms with E-state index in [0.29, 0.717) is 6.54 Å². The molecule has 2 rings (SSSR count). The summed E-state index contributed by atoms with van der Waals surface area (Å²) in [6.45, 7) is 4.00. The van der Waals surface area contributed by atoms with Crippen molar-refractivity contribution in [2.75, 3.05) is 26.3 Å². The zero-order valence-corrected chi connectivity index (χ0v) is 8.08. The molecule has 1 aromatic rings. The van der Waals surface area contributed by atoms with Crippen LogP contribution in [0.2, 0.25) is 0 Å². The van der Waals surface area contributed by atoms with Crippen LogP contribution in [0.15, 0.2) is 24.3 Å². The molecule has 0 bridgehead atoms. The van der Waals surface area contributed by atoms with Gasteiger partial charge in [-0.2, -0.15) is 0 Å². The van der Waals surface area contributed by atoms with Crippen molar-refractivity contribution in [2.45, 2.75) is 6.54 Å². The summed E-state index contributed by atoms with van der Waals surface area (Å²) in [6.07, 6.45) is 0. The molecule has 3 heteroatoms. The lowest BCUT2D eigenvalue weighted by molar-refractivity contribution is 0.0337. The summed E-state index contributed by atoms with van der Waals surface area (Å²) in [7, 11) is 0. The van der Waals surface area contributed by atoms with Crippen LogP contribution in [0.5, 0.6) is 0 Å². The molecule has 1 saturated heterocycles. The van der Waals surface area contributed by atoms with Gasteiger partial charge >= 0.3 is 0 Å². The third kappa shape index (κ3) is 2.30. The first kappa shape index (κ1) is 9.62. The number of halogens is 1. The number of morpholine rings is 1. The van der Waals surface area contributed by atoms with Gasteiger partial charge in [0.15, 0.2) is 0 Å². The zero-order chi connectivity index (χ0) is 9.80. The SMILES string of the molecule is Fc1ccccc1CN1CCOCC1. The fraction of sp³-hybridized carbons (Fsp3) is 0.455. The second kappa shape index (κ2) is 4.53. The van der Waals surface area contributed by atoms with E-state index in [-0.39, 0.29) is 5.82 Å². The predicted molar refractivity (Wildman–Crippen MR) is 52.5 cm³/mol. The highest BCUT2D eigenvalue weighted by molar-refractivity contribution is 5.17. The molecule has 0 N–H and O–H groups in total. The molecule has 0 amide bonds. The molecule has 0 atom stereocenters. The Kier molecular flexibility index (Phi) is 3.11. The van der Waals surface area contributed by atoms with Crippen molar-refractivity contribution in [2.24, 2.45) is 0 Å². The van der Waals surface area contributed by atoms with E-state index in [4.69, 9.17) is 4.74 Å². The van der Waals surface area contributed by atoms with E-state index in [9.17, 15) is 4.39 Å². The van der Waals surface area contributed by atoms with Gasteiger partial charge in [-0.3, -0.25) is 4.90 Å². The van der Waals surface area contributed by atoms with Gasteiger partial charge < -0.3 is 4.74 Å². The number of hydrogen-bond donors (Lipinski definition) is 0. The van der Waals surface area contributed by atoms with E-state index in [1.807, 2.05) is 12.1 Å². The first-order chi connectivity index (χ1) is 6.86. The van der Waals surface area contributed by atoms with Crippen molar-refractivity contribution in [1.82, 2.24) is 4.90 Å². The molecular weight excluding hydrogens is 181 g/mol. The van der Waals surface area contributed by atoms with E-state index >= 15 is 0 Å². The first-order valence-corrected chi connectivity index (χ1v) is 4.90. The summed E-state index contributed by atoms with van der Waals surface area (Å²) in [5.74, 6) is -0.112. The maximum atomic E-state index is 13.3. The average molecular weight is 195 g/mol. The number of ether oxygens (including phenoxy) is 1. The Morgan fingerprint density at radius 2 is 1.93 bits per heavy atom. The van der Waals surface area contributed by atoms with Gasteiger partial charge in [-0.25, -0.2) is 4.39 Å². The minimum atomic E-state index is -0.112. The van der Waals surface area contributed by atoms with Crippen molar-refractivity contribution in [3.05, 3.63) is 35.6 Å². The third-order valence-electron chi connectivity index (χ3n) is 2.46. The van der Waals surface area contributed by atoms with Crippen LogP contribution in [0.25, 0.3) is 0 Å². The smallest absolute Gasteiger partial charge is 0.127 e. The van der Waals surface area contributed by atoms with Crippen molar-refractivity contribution in [3.8, 4) is 0 Å². The maximum absolute atomic E-state index is 13.3. The van der Waals surface area contributed by atoms with Gasteiger partial charge in [-0.1, -0.05) is 18.2 Å². The summed E-state index contributed by atoms with van der Waals surface area (Å²) >= 11 is 0. The van der Waals surface area contributed by atoms with E-state index in [1.54, 1.807) is 6.07 Å². The molecule has 1 aromatic carbocycles. The molecule has 0 unspecified atom stereocenters. The van der Waals surface area contributed by atoms with Crippen molar-refractivity contribution in [3.63, 3.8) is 0 Å². The minimum Gasteiger partial charge on any atom is -0.379 e. The number of hydrogen-bond acceptors (Lipinski definition) is 2. The molecule has 0 aromatic heterocycles. The molecule has 1 aliphatic rings. The quantitative estimate of drug-likeness (QED) is 0.711. The topological polar surface area (TPSA) is 12.5 Å². The molecule has 0 aliphatic carbocycles. The summed E-state index contributed by atoms with van der Waals surface area (Å²) < 4.78 is 18.5. The molecular formula is C11H14FNO. The maximum Gasteiger partial charge on any atom is 0.127 e. The lowest BCUT2D eigenvalue weighted by atomic mass is 10.2. The second-order valence-corrected chi connectivity index (χ2v) is 3.48. The first-order valence-electron chi connectivity index (χ1n) is 4.90. The van der Waals surface area contributed by atoms with Gasteiger partial charge in [0.2, 0.25) is 0 Å². The molecule has 1 aliphatic heterocycles. The summed E-state index contributed by atoms with van der Waals surface area (Å²) in [5, 5.41) is 0. The Morgan fingerprint density at radius 3 is 2.64 bits per heavy atom. The van der Waals surface area contributed by atoms with E-state index < -0.39 is 0 Å². The highest BCUT2D eigenvalue weighted by Gasteiger charge is 2.12. The molecule has 0 spiro atoms. The summed E-state index contributed by atoms with van der Waals surface area (Å²) in [6, 6.07) is 6.94. The van der Waals surface area contributed by atoms with Crippen LogP contribution < -0.4 is 0 Å². The monoisotopic (exact) mass is 195 g/mol. The van der Waals surface area contributed by atoms with Crippen LogP contribution >= 0.6 is 0 Å². The fourth-order valence-electron chi connectivity index (χ4n) is 1.63. The summed E-state index contributed by atoms with van der Waals surface area (Å²) in [5.41, 5.74) is 0.773. The van der Waals surface area contributed by atoms with E-state index in [1.165, 1.54) is 6.07 Å². The van der Waals surface area contributed by atoms with E-state index in [0.717, 1.165) is 31.9 Å². The Labute approximate surface area is 83.3 Å². The highest BCUT2D eigenvalue weighted by Crippen LogP contribution is 2.10. The molecule has 76 valence electrons. The van der Waals surface area contributed by atoms with Gasteiger partial charge in [-0.15, -0.1) is 0 Å². The number of rotatable bonds is 2. The van der Waals surface area contributed by atoms with Crippen LogP contribution in [-0.4, -0.2) is 31.2 Å². The van der Waals surface area contributed by atoms with Crippen molar-refractivity contribution in [1.29, 1.82) is 0 Å². The molecule has 0 saturated carbocycles. The highest BCUT2D eigenvalue weighted by atomic mass is 19.1. The van der Waals surface area contributed by atoms with Gasteiger partial charge in [0.1, 0.15) is 5.82 Å². The molecule has 2 nitrogen and oxygen atoms in total. The van der Waals surface area contributed by atoms with Crippen molar-refractivity contribution >= 4 is 0 Å². The van der Waals surface area contributed by atoms with Gasteiger partial charge in [-0.05, 0) is 6.07 Å².